The third-order valence-corrected chi connectivity index (χ3v) is 7.58. The molecule has 7 heteroatoms. The number of ether oxygens (including phenoxy) is 1. The lowest BCUT2D eigenvalue weighted by atomic mass is 9.83. The molecule has 6 rings (SSSR count). The Morgan fingerprint density at radius 1 is 1.12 bits per heavy atom. The minimum Gasteiger partial charge on any atom is -0.496 e. The van der Waals surface area contributed by atoms with Gasteiger partial charge in [0.05, 0.1) is 23.4 Å². The highest BCUT2D eigenvalue weighted by atomic mass is 79.9. The molecule has 0 saturated heterocycles. The SMILES string of the molecule is COc1ccccc1[C@H]1C2=C(N=c3s/c(=C\c4ccc(Br)o4)c(=O)n31)c1ccccc1CC2. The number of allylic oxidation sites excluding steroid dienone is 1. The third kappa shape index (κ3) is 3.34. The summed E-state index contributed by atoms with van der Waals surface area (Å²) in [6, 6.07) is 19.7. The molecular weight excluding hydrogens is 500 g/mol. The van der Waals surface area contributed by atoms with Crippen LogP contribution >= 0.6 is 27.3 Å². The second-order valence-corrected chi connectivity index (χ2v) is 9.79. The van der Waals surface area contributed by atoms with Gasteiger partial charge in [-0.1, -0.05) is 53.8 Å². The molecule has 5 nitrogen and oxygen atoms in total. The number of benzene rings is 2. The number of furan rings is 1. The molecule has 164 valence electrons. The van der Waals surface area contributed by atoms with E-state index < -0.39 is 0 Å². The van der Waals surface area contributed by atoms with Crippen molar-refractivity contribution >= 4 is 39.0 Å². The van der Waals surface area contributed by atoms with Crippen LogP contribution in [0.1, 0.15) is 34.9 Å². The predicted octanol–water partition coefficient (Wildman–Crippen LogP) is 4.68. The van der Waals surface area contributed by atoms with E-state index in [0.717, 1.165) is 41.0 Å². The van der Waals surface area contributed by atoms with Crippen molar-refractivity contribution in [3.63, 3.8) is 0 Å². The molecule has 4 aromatic rings. The molecule has 0 fully saturated rings. The number of aromatic nitrogens is 1. The first kappa shape index (κ1) is 20.4. The number of rotatable bonds is 3. The zero-order chi connectivity index (χ0) is 22.5. The summed E-state index contributed by atoms with van der Waals surface area (Å²) in [6.07, 6.45) is 3.54. The molecule has 3 heterocycles. The van der Waals surface area contributed by atoms with E-state index in [-0.39, 0.29) is 11.6 Å². The third-order valence-electron chi connectivity index (χ3n) is 6.17. The van der Waals surface area contributed by atoms with Crippen LogP contribution in [-0.2, 0) is 6.42 Å². The maximum absolute atomic E-state index is 13.7. The molecule has 1 atom stereocenters. The summed E-state index contributed by atoms with van der Waals surface area (Å²) in [4.78, 5) is 19.4. The van der Waals surface area contributed by atoms with Crippen LogP contribution in [0.3, 0.4) is 0 Å². The standard InChI is InChI=1S/C26H19BrN2O3S/c1-31-20-9-5-4-8-18(20)24-19-12-10-15-6-2-3-7-17(15)23(19)28-26-29(24)25(30)21(33-26)14-16-11-13-22(27)32-16/h2-9,11,13-14,24H,10,12H2,1H3/b21-14-/t24-/m0/s1. The average Bonchev–Trinajstić information content (AvgIpc) is 3.40. The average molecular weight is 519 g/mol. The number of halogens is 1. The van der Waals surface area contributed by atoms with Crippen LogP contribution in [0, 0.1) is 0 Å². The highest BCUT2D eigenvalue weighted by Crippen LogP contribution is 2.43. The van der Waals surface area contributed by atoms with Gasteiger partial charge in [0.1, 0.15) is 11.5 Å². The second-order valence-electron chi connectivity index (χ2n) is 8.00. The molecule has 2 aromatic carbocycles. The molecular formula is C26H19BrN2O3S. The Bertz CT molecular complexity index is 1610. The van der Waals surface area contributed by atoms with E-state index in [1.165, 1.54) is 16.9 Å². The van der Waals surface area contributed by atoms with Gasteiger partial charge in [0.2, 0.25) is 0 Å². The number of para-hydroxylation sites is 1. The Morgan fingerprint density at radius 2 is 1.94 bits per heavy atom. The molecule has 0 unspecified atom stereocenters. The van der Waals surface area contributed by atoms with Crippen molar-refractivity contribution in [2.24, 2.45) is 4.99 Å². The van der Waals surface area contributed by atoms with Crippen LogP contribution in [0.25, 0.3) is 11.8 Å². The number of methoxy groups -OCH3 is 1. The van der Waals surface area contributed by atoms with Crippen molar-refractivity contribution in [3.05, 3.63) is 113 Å². The van der Waals surface area contributed by atoms with Gasteiger partial charge in [0.15, 0.2) is 9.47 Å². The second kappa shape index (κ2) is 8.01. The van der Waals surface area contributed by atoms with E-state index in [2.05, 4.69) is 34.1 Å². The first-order valence-corrected chi connectivity index (χ1v) is 12.3. The number of hydrogen-bond acceptors (Lipinski definition) is 5. The molecule has 0 saturated carbocycles. The zero-order valence-electron chi connectivity index (χ0n) is 17.7. The lowest BCUT2D eigenvalue weighted by Crippen LogP contribution is -2.38. The van der Waals surface area contributed by atoms with E-state index in [1.807, 2.05) is 47.0 Å². The number of nitrogens with zero attached hydrogens (tertiary/aromatic N) is 2. The molecule has 0 spiro atoms. The first-order chi connectivity index (χ1) is 16.1. The summed E-state index contributed by atoms with van der Waals surface area (Å²) in [5.74, 6) is 1.38. The van der Waals surface area contributed by atoms with Crippen LogP contribution in [0.5, 0.6) is 5.75 Å². The van der Waals surface area contributed by atoms with Gasteiger partial charge in [-0.15, -0.1) is 0 Å². The van der Waals surface area contributed by atoms with Crippen LogP contribution in [0.15, 0.2) is 85.1 Å². The Hall–Kier alpha value is -3.16. The number of fused-ring (bicyclic) bond motifs is 3. The minimum atomic E-state index is -0.272. The van der Waals surface area contributed by atoms with E-state index in [9.17, 15) is 4.79 Å². The van der Waals surface area contributed by atoms with E-state index in [0.29, 0.717) is 19.8 Å². The smallest absolute Gasteiger partial charge is 0.271 e. The molecule has 0 amide bonds. The molecule has 0 N–H and O–H groups in total. The van der Waals surface area contributed by atoms with Crippen LogP contribution in [-0.4, -0.2) is 11.7 Å². The van der Waals surface area contributed by atoms with Gasteiger partial charge >= 0.3 is 0 Å². The van der Waals surface area contributed by atoms with Crippen LogP contribution in [0.4, 0.5) is 0 Å². The number of hydrogen-bond donors (Lipinski definition) is 0. The topological polar surface area (TPSA) is 56.7 Å². The number of aryl methyl sites for hydroxylation is 1. The Labute approximate surface area is 202 Å². The quantitative estimate of drug-likeness (QED) is 0.395. The fourth-order valence-electron chi connectivity index (χ4n) is 4.73. The van der Waals surface area contributed by atoms with Crippen LogP contribution < -0.4 is 19.6 Å². The van der Waals surface area contributed by atoms with Gasteiger partial charge in [-0.25, -0.2) is 4.99 Å². The van der Waals surface area contributed by atoms with E-state index in [4.69, 9.17) is 14.1 Å². The monoisotopic (exact) mass is 518 g/mol. The molecule has 0 radical (unpaired) electrons. The van der Waals surface area contributed by atoms with Gasteiger partial charge < -0.3 is 9.15 Å². The van der Waals surface area contributed by atoms with E-state index >= 15 is 0 Å². The lowest BCUT2D eigenvalue weighted by molar-refractivity contribution is 0.402. The Balaban J connectivity index is 1.66. The maximum Gasteiger partial charge on any atom is 0.271 e. The van der Waals surface area contributed by atoms with Crippen molar-refractivity contribution in [2.75, 3.05) is 7.11 Å². The Morgan fingerprint density at radius 3 is 2.76 bits per heavy atom. The summed E-state index contributed by atoms with van der Waals surface area (Å²) in [5.41, 5.74) is 5.45. The number of thiazole rings is 1. The fraction of sp³-hybridized carbons (Fsp3) is 0.154. The largest absolute Gasteiger partial charge is 0.496 e. The molecule has 33 heavy (non-hydrogen) atoms. The zero-order valence-corrected chi connectivity index (χ0v) is 20.2. The van der Waals surface area contributed by atoms with Gasteiger partial charge in [-0.2, -0.15) is 0 Å². The van der Waals surface area contributed by atoms with Crippen molar-refractivity contribution in [3.8, 4) is 5.75 Å². The highest BCUT2D eigenvalue weighted by Gasteiger charge is 2.33. The first-order valence-electron chi connectivity index (χ1n) is 10.7. The minimum absolute atomic E-state index is 0.0763. The summed E-state index contributed by atoms with van der Waals surface area (Å²) in [7, 11) is 1.67. The van der Waals surface area contributed by atoms with Gasteiger partial charge in [0.25, 0.3) is 5.56 Å². The summed E-state index contributed by atoms with van der Waals surface area (Å²) < 4.78 is 14.4. The molecule has 1 aliphatic carbocycles. The Kier molecular flexibility index (Phi) is 4.96. The molecule has 0 bridgehead atoms. The van der Waals surface area contributed by atoms with Crippen molar-refractivity contribution in [2.45, 2.75) is 18.9 Å². The summed E-state index contributed by atoms with van der Waals surface area (Å²) in [6.45, 7) is 0. The maximum atomic E-state index is 13.7. The summed E-state index contributed by atoms with van der Waals surface area (Å²) in [5, 5.41) is 0. The van der Waals surface area contributed by atoms with Crippen molar-refractivity contribution in [1.29, 1.82) is 0 Å². The predicted molar refractivity (Wildman–Crippen MR) is 132 cm³/mol. The molecule has 2 aliphatic rings. The molecule has 2 aromatic heterocycles. The van der Waals surface area contributed by atoms with Crippen molar-refractivity contribution < 1.29 is 9.15 Å². The lowest BCUT2D eigenvalue weighted by Gasteiger charge is -2.31. The van der Waals surface area contributed by atoms with Gasteiger partial charge in [-0.05, 0) is 58.1 Å². The van der Waals surface area contributed by atoms with Gasteiger partial charge in [0, 0.05) is 17.2 Å². The molecule has 1 aliphatic heterocycles. The normalized spacial score (nSPS) is 17.3. The van der Waals surface area contributed by atoms with E-state index in [1.54, 1.807) is 13.2 Å². The summed E-state index contributed by atoms with van der Waals surface area (Å²) >= 11 is 4.71. The highest BCUT2D eigenvalue weighted by molar-refractivity contribution is 9.10. The fourth-order valence-corrected chi connectivity index (χ4v) is 6.03. The van der Waals surface area contributed by atoms with Gasteiger partial charge in [-0.3, -0.25) is 9.36 Å². The van der Waals surface area contributed by atoms with Crippen molar-refractivity contribution in [1.82, 2.24) is 4.57 Å². The van der Waals surface area contributed by atoms with Crippen LogP contribution in [0.2, 0.25) is 0 Å².